The van der Waals surface area contributed by atoms with Crippen LogP contribution < -0.4 is 10.6 Å². The lowest BCUT2D eigenvalue weighted by atomic mass is 9.98. The molecule has 7 heteroatoms. The second kappa shape index (κ2) is 12.3. The fourth-order valence-electron chi connectivity index (χ4n) is 5.16. The number of carbonyl (C=O) groups excluding carboxylic acids is 2. The summed E-state index contributed by atoms with van der Waals surface area (Å²) in [5, 5.41) is 15.1. The summed E-state index contributed by atoms with van der Waals surface area (Å²) in [5.74, 6) is -1.88. The molecule has 1 aliphatic rings. The number of ether oxygens (including phenoxy) is 1. The molecule has 0 saturated heterocycles. The summed E-state index contributed by atoms with van der Waals surface area (Å²) in [6.07, 6.45) is -0.452. The molecule has 0 radical (unpaired) electrons. The van der Waals surface area contributed by atoms with Crippen LogP contribution in [0.2, 0.25) is 0 Å². The van der Waals surface area contributed by atoms with Gasteiger partial charge in [-0.15, -0.1) is 0 Å². The van der Waals surface area contributed by atoms with E-state index in [9.17, 15) is 19.5 Å². The van der Waals surface area contributed by atoms with Gasteiger partial charge >= 0.3 is 12.1 Å². The third-order valence-electron chi connectivity index (χ3n) is 7.13. The van der Waals surface area contributed by atoms with Crippen LogP contribution in [0.5, 0.6) is 0 Å². The van der Waals surface area contributed by atoms with Gasteiger partial charge in [-0.05, 0) is 33.4 Å². The Labute approximate surface area is 232 Å². The van der Waals surface area contributed by atoms with Crippen molar-refractivity contribution in [3.05, 3.63) is 131 Å². The Morgan fingerprint density at radius 3 is 1.65 bits per heavy atom. The van der Waals surface area contributed by atoms with E-state index in [0.29, 0.717) is 0 Å². The highest BCUT2D eigenvalue weighted by Crippen LogP contribution is 2.44. The summed E-state index contributed by atoms with van der Waals surface area (Å²) in [6.45, 7) is 0.102. The minimum absolute atomic E-state index is 0.102. The van der Waals surface area contributed by atoms with Crippen LogP contribution in [0, 0.1) is 0 Å². The van der Waals surface area contributed by atoms with Gasteiger partial charge in [-0.25, -0.2) is 9.59 Å². The Hall–Kier alpha value is -4.91. The third-order valence-corrected chi connectivity index (χ3v) is 7.13. The first-order chi connectivity index (χ1) is 19.5. The number of fused-ring (bicyclic) bond motifs is 3. The quantitative estimate of drug-likeness (QED) is 0.267. The van der Waals surface area contributed by atoms with E-state index >= 15 is 0 Å². The minimum atomic E-state index is -1.16. The van der Waals surface area contributed by atoms with Crippen LogP contribution in [0.15, 0.2) is 109 Å². The zero-order valence-corrected chi connectivity index (χ0v) is 21.8. The number of hydrogen-bond acceptors (Lipinski definition) is 4. The van der Waals surface area contributed by atoms with E-state index in [0.717, 1.165) is 33.4 Å². The summed E-state index contributed by atoms with van der Waals surface area (Å²) < 4.78 is 5.66. The molecule has 0 bridgehead atoms. The van der Waals surface area contributed by atoms with Gasteiger partial charge in [-0.1, -0.05) is 109 Å². The van der Waals surface area contributed by atoms with Crippen LogP contribution in [-0.4, -0.2) is 41.8 Å². The topological polar surface area (TPSA) is 105 Å². The van der Waals surface area contributed by atoms with Crippen molar-refractivity contribution in [2.24, 2.45) is 0 Å². The first-order valence-corrected chi connectivity index (χ1v) is 13.2. The van der Waals surface area contributed by atoms with Gasteiger partial charge in [-0.3, -0.25) is 4.79 Å². The molecule has 0 saturated carbocycles. The number of carbonyl (C=O) groups is 3. The maximum atomic E-state index is 13.3. The van der Waals surface area contributed by atoms with Gasteiger partial charge in [0.15, 0.2) is 0 Å². The highest BCUT2D eigenvalue weighted by Gasteiger charge is 2.31. The molecular formula is C33H30N2O5. The zero-order valence-electron chi connectivity index (χ0n) is 21.8. The maximum absolute atomic E-state index is 13.3. The van der Waals surface area contributed by atoms with Crippen molar-refractivity contribution in [2.75, 3.05) is 6.61 Å². The number of alkyl carbamates (subject to hydrolysis) is 1. The zero-order chi connectivity index (χ0) is 27.9. The smallest absolute Gasteiger partial charge is 0.407 e. The van der Waals surface area contributed by atoms with E-state index in [1.54, 1.807) is 12.1 Å². The SMILES string of the molecule is O=C(N[C@@H](Cc1ccccc1)C(=O)N[C@@H](Cc1ccccc1)C(=O)O)OCC1c2ccccc2-c2ccccc21. The average molecular weight is 535 g/mol. The highest BCUT2D eigenvalue weighted by atomic mass is 16.5. The molecule has 3 N–H and O–H groups in total. The van der Waals surface area contributed by atoms with Gasteiger partial charge < -0.3 is 20.5 Å². The van der Waals surface area contributed by atoms with Gasteiger partial charge in [0.25, 0.3) is 0 Å². The molecular weight excluding hydrogens is 504 g/mol. The van der Waals surface area contributed by atoms with Gasteiger partial charge in [0.1, 0.15) is 18.7 Å². The van der Waals surface area contributed by atoms with Crippen molar-refractivity contribution in [3.8, 4) is 11.1 Å². The first kappa shape index (κ1) is 26.7. The predicted molar refractivity (Wildman–Crippen MR) is 152 cm³/mol. The predicted octanol–water partition coefficient (Wildman–Crippen LogP) is 4.95. The molecule has 0 heterocycles. The number of rotatable bonds is 10. The van der Waals surface area contributed by atoms with E-state index in [1.807, 2.05) is 84.9 Å². The molecule has 5 rings (SSSR count). The van der Waals surface area contributed by atoms with Crippen molar-refractivity contribution in [3.63, 3.8) is 0 Å². The molecule has 4 aromatic carbocycles. The molecule has 202 valence electrons. The van der Waals surface area contributed by atoms with Crippen molar-refractivity contribution in [1.82, 2.24) is 10.6 Å². The molecule has 0 aromatic heterocycles. The molecule has 0 spiro atoms. The normalized spacial score (nSPS) is 13.4. The van der Waals surface area contributed by atoms with Gasteiger partial charge in [0.2, 0.25) is 5.91 Å². The number of benzene rings is 4. The molecule has 0 fully saturated rings. The number of carboxylic acids is 1. The van der Waals surface area contributed by atoms with E-state index in [1.165, 1.54) is 0 Å². The Bertz CT molecular complexity index is 1440. The fourth-order valence-corrected chi connectivity index (χ4v) is 5.16. The Balaban J connectivity index is 1.28. The van der Waals surface area contributed by atoms with Crippen LogP contribution >= 0.6 is 0 Å². The standard InChI is InChI=1S/C33H30N2O5/c36-31(34-30(32(37)38)20-23-13-5-2-6-14-23)29(19-22-11-3-1-4-12-22)35-33(39)40-21-28-26-17-9-7-15-24(26)25-16-8-10-18-27(25)28/h1-18,28-30H,19-21H2,(H,34,36)(H,35,39)(H,37,38)/t29-,30-/m0/s1. The van der Waals surface area contributed by atoms with Crippen LogP contribution in [0.4, 0.5) is 4.79 Å². The monoisotopic (exact) mass is 534 g/mol. The lowest BCUT2D eigenvalue weighted by Crippen LogP contribution is -2.53. The average Bonchev–Trinajstić information content (AvgIpc) is 3.30. The van der Waals surface area contributed by atoms with E-state index in [-0.39, 0.29) is 25.4 Å². The summed E-state index contributed by atoms with van der Waals surface area (Å²) in [5.41, 5.74) is 5.99. The van der Waals surface area contributed by atoms with Gasteiger partial charge in [-0.2, -0.15) is 0 Å². The molecule has 40 heavy (non-hydrogen) atoms. The van der Waals surface area contributed by atoms with Gasteiger partial charge in [0, 0.05) is 18.8 Å². The summed E-state index contributed by atoms with van der Waals surface area (Å²) >= 11 is 0. The van der Waals surface area contributed by atoms with Crippen LogP contribution in [-0.2, 0) is 27.2 Å². The minimum Gasteiger partial charge on any atom is -0.480 e. The van der Waals surface area contributed by atoms with Crippen LogP contribution in [0.1, 0.15) is 28.2 Å². The number of nitrogens with one attached hydrogen (secondary N) is 2. The molecule has 2 amide bonds. The maximum Gasteiger partial charge on any atom is 0.407 e. The van der Waals surface area contributed by atoms with Gasteiger partial charge in [0.05, 0.1) is 0 Å². The molecule has 1 aliphatic carbocycles. The highest BCUT2D eigenvalue weighted by molar-refractivity contribution is 5.89. The molecule has 2 atom stereocenters. The van der Waals surface area contributed by atoms with Crippen LogP contribution in [0.25, 0.3) is 11.1 Å². The fraction of sp³-hybridized carbons (Fsp3) is 0.182. The molecule has 0 aliphatic heterocycles. The van der Waals surface area contributed by atoms with Crippen molar-refractivity contribution in [1.29, 1.82) is 0 Å². The Morgan fingerprint density at radius 1 is 0.650 bits per heavy atom. The lowest BCUT2D eigenvalue weighted by molar-refractivity contribution is -0.142. The summed E-state index contributed by atoms with van der Waals surface area (Å²) in [6, 6.07) is 32.2. The number of carboxylic acid groups (broad SMARTS) is 1. The van der Waals surface area contributed by atoms with E-state index in [2.05, 4.69) is 22.8 Å². The number of amides is 2. The Kier molecular flexibility index (Phi) is 8.21. The van der Waals surface area contributed by atoms with Crippen molar-refractivity contribution < 1.29 is 24.2 Å². The van der Waals surface area contributed by atoms with Crippen molar-refractivity contribution >= 4 is 18.0 Å². The third kappa shape index (κ3) is 6.21. The molecule has 4 aromatic rings. The number of aliphatic carboxylic acids is 1. The Morgan fingerprint density at radius 2 is 1.12 bits per heavy atom. The lowest BCUT2D eigenvalue weighted by Gasteiger charge is -2.22. The largest absolute Gasteiger partial charge is 0.480 e. The second-order valence-electron chi connectivity index (χ2n) is 9.80. The summed E-state index contributed by atoms with van der Waals surface area (Å²) in [4.78, 5) is 38.3. The first-order valence-electron chi connectivity index (χ1n) is 13.2. The van der Waals surface area contributed by atoms with E-state index < -0.39 is 30.1 Å². The van der Waals surface area contributed by atoms with Crippen molar-refractivity contribution in [2.45, 2.75) is 30.8 Å². The molecule has 0 unspecified atom stereocenters. The van der Waals surface area contributed by atoms with Crippen LogP contribution in [0.3, 0.4) is 0 Å². The summed E-state index contributed by atoms with van der Waals surface area (Å²) in [7, 11) is 0. The van der Waals surface area contributed by atoms with E-state index in [4.69, 9.17) is 4.74 Å². The second-order valence-corrected chi connectivity index (χ2v) is 9.80. The molecule has 7 nitrogen and oxygen atoms in total. The number of hydrogen-bond donors (Lipinski definition) is 3.